The van der Waals surface area contributed by atoms with Gasteiger partial charge in [-0.25, -0.2) is 9.18 Å². The number of carboxylic acid groups (broad SMARTS) is 1. The van der Waals surface area contributed by atoms with E-state index in [0.717, 1.165) is 11.0 Å². The molecule has 1 unspecified atom stereocenters. The average molecular weight is 260 g/mol. The average Bonchev–Trinajstić information content (AvgIpc) is 2.29. The van der Waals surface area contributed by atoms with E-state index in [1.807, 2.05) is 0 Å². The Labute approximate surface area is 103 Å². The number of nitrogens with zero attached hydrogens (tertiary/aromatic N) is 1. The van der Waals surface area contributed by atoms with Crippen LogP contribution in [0.2, 0.25) is 5.02 Å². The molecule has 1 amide bonds. The smallest absolute Gasteiger partial charge is 0.331 e. The predicted molar refractivity (Wildman–Crippen MR) is 60.2 cm³/mol. The SMILES string of the molecule is CCN(C=O)C(C(=O)O)c1ccc(F)c(Cl)c1. The Morgan fingerprint density at radius 1 is 1.65 bits per heavy atom. The van der Waals surface area contributed by atoms with Crippen LogP contribution >= 0.6 is 11.6 Å². The maximum Gasteiger partial charge on any atom is 0.331 e. The van der Waals surface area contributed by atoms with Crippen molar-refractivity contribution in [1.29, 1.82) is 0 Å². The van der Waals surface area contributed by atoms with Gasteiger partial charge in [0.05, 0.1) is 5.02 Å². The summed E-state index contributed by atoms with van der Waals surface area (Å²) in [5.41, 5.74) is 0.262. The number of halogens is 2. The first-order valence-electron chi connectivity index (χ1n) is 4.90. The van der Waals surface area contributed by atoms with Crippen LogP contribution in [0, 0.1) is 5.82 Å². The lowest BCUT2D eigenvalue weighted by molar-refractivity contribution is -0.146. The van der Waals surface area contributed by atoms with Gasteiger partial charge in [0.2, 0.25) is 6.41 Å². The van der Waals surface area contributed by atoms with E-state index in [2.05, 4.69) is 0 Å². The number of hydrogen-bond acceptors (Lipinski definition) is 2. The van der Waals surface area contributed by atoms with E-state index >= 15 is 0 Å². The van der Waals surface area contributed by atoms with E-state index in [9.17, 15) is 14.0 Å². The quantitative estimate of drug-likeness (QED) is 0.824. The second-order valence-electron chi connectivity index (χ2n) is 3.35. The van der Waals surface area contributed by atoms with Gasteiger partial charge in [-0.1, -0.05) is 17.7 Å². The van der Waals surface area contributed by atoms with Crippen LogP contribution < -0.4 is 0 Å². The molecule has 17 heavy (non-hydrogen) atoms. The van der Waals surface area contributed by atoms with Crippen molar-refractivity contribution in [1.82, 2.24) is 4.90 Å². The Balaban J connectivity index is 3.18. The molecule has 0 saturated heterocycles. The maximum atomic E-state index is 13.0. The fourth-order valence-corrected chi connectivity index (χ4v) is 1.67. The second-order valence-corrected chi connectivity index (χ2v) is 3.76. The van der Waals surface area contributed by atoms with Crippen molar-refractivity contribution in [3.63, 3.8) is 0 Å². The molecule has 1 atom stereocenters. The van der Waals surface area contributed by atoms with Crippen molar-refractivity contribution in [3.8, 4) is 0 Å². The summed E-state index contributed by atoms with van der Waals surface area (Å²) in [6, 6.07) is 2.43. The maximum absolute atomic E-state index is 13.0. The second kappa shape index (κ2) is 5.63. The summed E-state index contributed by atoms with van der Waals surface area (Å²) < 4.78 is 13.0. The van der Waals surface area contributed by atoms with Crippen LogP contribution in [0.4, 0.5) is 4.39 Å². The largest absolute Gasteiger partial charge is 0.479 e. The summed E-state index contributed by atoms with van der Waals surface area (Å²) in [6.07, 6.45) is 0.441. The van der Waals surface area contributed by atoms with Gasteiger partial charge in [0, 0.05) is 6.54 Å². The van der Waals surface area contributed by atoms with Crippen molar-refractivity contribution in [2.45, 2.75) is 13.0 Å². The molecule has 0 aliphatic carbocycles. The lowest BCUT2D eigenvalue weighted by atomic mass is 10.1. The lowest BCUT2D eigenvalue weighted by Gasteiger charge is -2.23. The molecule has 0 aromatic heterocycles. The number of carboxylic acids is 1. The van der Waals surface area contributed by atoms with Gasteiger partial charge in [-0.2, -0.15) is 0 Å². The topological polar surface area (TPSA) is 57.6 Å². The molecule has 1 rings (SSSR count). The molecule has 0 aliphatic rings. The molecule has 0 aliphatic heterocycles. The molecule has 92 valence electrons. The number of benzene rings is 1. The van der Waals surface area contributed by atoms with Crippen LogP contribution in [0.15, 0.2) is 18.2 Å². The van der Waals surface area contributed by atoms with E-state index in [0.29, 0.717) is 6.41 Å². The molecule has 0 fully saturated rings. The van der Waals surface area contributed by atoms with Crippen molar-refractivity contribution in [3.05, 3.63) is 34.6 Å². The van der Waals surface area contributed by atoms with Crippen LogP contribution in [0.3, 0.4) is 0 Å². The first-order chi connectivity index (χ1) is 8.01. The summed E-state index contributed by atoms with van der Waals surface area (Å²) >= 11 is 5.58. The van der Waals surface area contributed by atoms with Crippen LogP contribution in [0.1, 0.15) is 18.5 Å². The molecule has 4 nitrogen and oxygen atoms in total. The molecule has 1 aromatic carbocycles. The van der Waals surface area contributed by atoms with Crippen molar-refractivity contribution in [2.24, 2.45) is 0 Å². The Kier molecular flexibility index (Phi) is 4.45. The molecular weight excluding hydrogens is 249 g/mol. The van der Waals surface area contributed by atoms with Crippen molar-refractivity contribution in [2.75, 3.05) is 6.54 Å². The van der Waals surface area contributed by atoms with E-state index in [-0.39, 0.29) is 17.1 Å². The van der Waals surface area contributed by atoms with Gasteiger partial charge in [-0.15, -0.1) is 0 Å². The molecule has 0 radical (unpaired) electrons. The predicted octanol–water partition coefficient (Wildman–Crippen LogP) is 2.08. The van der Waals surface area contributed by atoms with E-state index in [1.165, 1.54) is 12.1 Å². The van der Waals surface area contributed by atoms with E-state index in [4.69, 9.17) is 16.7 Å². The normalized spacial score (nSPS) is 11.9. The monoisotopic (exact) mass is 259 g/mol. The zero-order valence-electron chi connectivity index (χ0n) is 9.06. The first-order valence-corrected chi connectivity index (χ1v) is 5.27. The first kappa shape index (κ1) is 13.4. The standard InChI is InChI=1S/C11H11ClFNO3/c1-2-14(6-15)10(11(16)17)7-3-4-9(13)8(12)5-7/h3-6,10H,2H2,1H3,(H,16,17). The summed E-state index contributed by atoms with van der Waals surface area (Å²) in [4.78, 5) is 23.0. The number of amides is 1. The number of hydrogen-bond donors (Lipinski definition) is 1. The minimum Gasteiger partial charge on any atom is -0.479 e. The molecule has 0 bridgehead atoms. The van der Waals surface area contributed by atoms with Gasteiger partial charge in [-0.05, 0) is 24.6 Å². The number of likely N-dealkylation sites (N-methyl/N-ethyl adjacent to an activating group) is 1. The molecular formula is C11H11ClFNO3. The number of carbonyl (C=O) groups is 2. The zero-order valence-corrected chi connectivity index (χ0v) is 9.82. The molecule has 0 saturated carbocycles. The Bertz CT molecular complexity index is 439. The highest BCUT2D eigenvalue weighted by molar-refractivity contribution is 6.30. The summed E-state index contributed by atoms with van der Waals surface area (Å²) in [5, 5.41) is 8.91. The molecule has 6 heteroatoms. The van der Waals surface area contributed by atoms with Crippen molar-refractivity contribution < 1.29 is 19.1 Å². The third kappa shape index (κ3) is 2.94. The fourth-order valence-electron chi connectivity index (χ4n) is 1.48. The zero-order chi connectivity index (χ0) is 13.0. The third-order valence-electron chi connectivity index (χ3n) is 2.33. The van der Waals surface area contributed by atoms with E-state index < -0.39 is 17.8 Å². The number of aliphatic carboxylic acids is 1. The van der Waals surface area contributed by atoms with Crippen LogP contribution in [-0.4, -0.2) is 28.9 Å². The number of rotatable bonds is 5. The highest BCUT2D eigenvalue weighted by atomic mass is 35.5. The summed E-state index contributed by atoms with van der Waals surface area (Å²) in [7, 11) is 0. The Morgan fingerprint density at radius 3 is 2.71 bits per heavy atom. The van der Waals surface area contributed by atoms with Gasteiger partial charge in [0.15, 0.2) is 6.04 Å². The molecule has 1 N–H and O–H groups in total. The summed E-state index contributed by atoms with van der Waals surface area (Å²) in [5.74, 6) is -1.82. The van der Waals surface area contributed by atoms with Gasteiger partial charge < -0.3 is 10.0 Å². The van der Waals surface area contributed by atoms with Gasteiger partial charge in [0.1, 0.15) is 5.82 Å². The van der Waals surface area contributed by atoms with Crippen LogP contribution in [-0.2, 0) is 9.59 Å². The highest BCUT2D eigenvalue weighted by Gasteiger charge is 2.26. The van der Waals surface area contributed by atoms with Gasteiger partial charge >= 0.3 is 5.97 Å². The highest BCUT2D eigenvalue weighted by Crippen LogP contribution is 2.24. The Hall–Kier alpha value is -1.62. The van der Waals surface area contributed by atoms with Crippen LogP contribution in [0.5, 0.6) is 0 Å². The van der Waals surface area contributed by atoms with Crippen LogP contribution in [0.25, 0.3) is 0 Å². The lowest BCUT2D eigenvalue weighted by Crippen LogP contribution is -2.32. The minimum absolute atomic E-state index is 0.171. The van der Waals surface area contributed by atoms with E-state index in [1.54, 1.807) is 6.92 Å². The molecule has 0 heterocycles. The third-order valence-corrected chi connectivity index (χ3v) is 2.62. The molecule has 0 spiro atoms. The van der Waals surface area contributed by atoms with Gasteiger partial charge in [0.25, 0.3) is 0 Å². The fraction of sp³-hybridized carbons (Fsp3) is 0.273. The number of carbonyl (C=O) groups excluding carboxylic acids is 1. The van der Waals surface area contributed by atoms with Crippen molar-refractivity contribution >= 4 is 24.0 Å². The van der Waals surface area contributed by atoms with Gasteiger partial charge in [-0.3, -0.25) is 4.79 Å². The summed E-state index contributed by atoms with van der Waals surface area (Å²) in [6.45, 7) is 1.88. The minimum atomic E-state index is -1.19. The molecule has 1 aromatic rings. The Morgan fingerprint density at radius 2 is 2.29 bits per heavy atom.